The van der Waals surface area contributed by atoms with Crippen LogP contribution in [-0.2, 0) is 13.5 Å². The lowest BCUT2D eigenvalue weighted by atomic mass is 10.1. The van der Waals surface area contributed by atoms with Crippen molar-refractivity contribution in [3.8, 4) is 0 Å². The summed E-state index contributed by atoms with van der Waals surface area (Å²) in [7, 11) is 2.02. The highest BCUT2D eigenvalue weighted by atomic mass is 15.3. The highest BCUT2D eigenvalue weighted by Crippen LogP contribution is 2.18. The summed E-state index contributed by atoms with van der Waals surface area (Å²) in [5.74, 6) is 0. The molecule has 4 heteroatoms. The average molecular weight is 250 g/mol. The average Bonchev–Trinajstić information content (AvgIpc) is 3.11. The maximum Gasteiger partial charge on any atom is 0.0628 e. The van der Waals surface area contributed by atoms with Gasteiger partial charge in [0.2, 0.25) is 0 Å². The molecule has 0 radical (unpaired) electrons. The maximum atomic E-state index is 4.44. The van der Waals surface area contributed by atoms with E-state index in [1.54, 1.807) is 0 Å². The molecule has 0 amide bonds. The van der Waals surface area contributed by atoms with Gasteiger partial charge in [-0.1, -0.05) is 0 Å². The van der Waals surface area contributed by atoms with Gasteiger partial charge in [-0.25, -0.2) is 0 Å². The number of nitrogens with one attached hydrogen (secondary N) is 2. The van der Waals surface area contributed by atoms with E-state index in [1.165, 1.54) is 36.2 Å². The fourth-order valence-corrected chi connectivity index (χ4v) is 2.32. The second kappa shape index (κ2) is 6.34. The highest BCUT2D eigenvalue weighted by Gasteiger charge is 2.19. The minimum Gasteiger partial charge on any atom is -0.316 e. The van der Waals surface area contributed by atoms with Crippen LogP contribution in [0.25, 0.3) is 0 Å². The maximum absolute atomic E-state index is 4.44. The first kappa shape index (κ1) is 13.6. The van der Waals surface area contributed by atoms with Crippen molar-refractivity contribution < 1.29 is 0 Å². The summed E-state index contributed by atoms with van der Waals surface area (Å²) in [5, 5.41) is 11.5. The van der Waals surface area contributed by atoms with Crippen LogP contribution in [0.1, 0.15) is 36.2 Å². The van der Waals surface area contributed by atoms with Gasteiger partial charge < -0.3 is 10.6 Å². The molecule has 1 aromatic rings. The molecule has 1 aromatic heterocycles. The summed E-state index contributed by atoms with van der Waals surface area (Å²) < 4.78 is 1.98. The molecule has 2 N–H and O–H groups in total. The Balaban J connectivity index is 1.56. The van der Waals surface area contributed by atoms with Crippen LogP contribution in [0.4, 0.5) is 0 Å². The molecule has 1 fully saturated rings. The molecule has 4 nitrogen and oxygen atoms in total. The number of aromatic nitrogens is 2. The van der Waals surface area contributed by atoms with Gasteiger partial charge in [0.05, 0.1) is 5.69 Å². The van der Waals surface area contributed by atoms with E-state index in [0.717, 1.165) is 32.1 Å². The van der Waals surface area contributed by atoms with Crippen LogP contribution in [0.2, 0.25) is 0 Å². The Morgan fingerprint density at radius 2 is 2.00 bits per heavy atom. The second-order valence-electron chi connectivity index (χ2n) is 5.35. The Labute approximate surface area is 110 Å². The van der Waals surface area contributed by atoms with Gasteiger partial charge in [-0.15, -0.1) is 0 Å². The van der Waals surface area contributed by atoms with Gasteiger partial charge >= 0.3 is 0 Å². The first-order chi connectivity index (χ1) is 8.68. The van der Waals surface area contributed by atoms with Gasteiger partial charge in [-0.05, 0) is 64.7 Å². The topological polar surface area (TPSA) is 41.9 Å². The zero-order valence-corrected chi connectivity index (χ0v) is 11.9. The van der Waals surface area contributed by atoms with E-state index in [1.807, 2.05) is 11.7 Å². The largest absolute Gasteiger partial charge is 0.316 e. The lowest BCUT2D eigenvalue weighted by Gasteiger charge is -2.06. The minimum atomic E-state index is 0.839. The second-order valence-corrected chi connectivity index (χ2v) is 5.35. The Morgan fingerprint density at radius 3 is 2.61 bits per heavy atom. The molecule has 2 rings (SSSR count). The van der Waals surface area contributed by atoms with Crippen molar-refractivity contribution in [2.24, 2.45) is 7.05 Å². The van der Waals surface area contributed by atoms with E-state index in [4.69, 9.17) is 0 Å². The molecule has 0 bridgehead atoms. The molecule has 0 atom stereocenters. The Hall–Kier alpha value is -0.870. The molecule has 0 unspecified atom stereocenters. The van der Waals surface area contributed by atoms with Crippen LogP contribution >= 0.6 is 0 Å². The number of aryl methyl sites for hydroxylation is 2. The van der Waals surface area contributed by atoms with Crippen molar-refractivity contribution in [2.45, 2.75) is 45.6 Å². The van der Waals surface area contributed by atoms with Gasteiger partial charge in [-0.2, -0.15) is 5.10 Å². The lowest BCUT2D eigenvalue weighted by Crippen LogP contribution is -2.24. The van der Waals surface area contributed by atoms with Crippen LogP contribution in [0.5, 0.6) is 0 Å². The fourth-order valence-electron chi connectivity index (χ4n) is 2.32. The fraction of sp³-hybridized carbons (Fsp3) is 0.786. The number of hydrogen-bond donors (Lipinski definition) is 2. The lowest BCUT2D eigenvalue weighted by molar-refractivity contribution is 0.593. The summed E-state index contributed by atoms with van der Waals surface area (Å²) in [5.41, 5.74) is 3.87. The van der Waals surface area contributed by atoms with Crippen molar-refractivity contribution in [2.75, 3.05) is 19.6 Å². The molecule has 0 saturated heterocycles. The molecule has 18 heavy (non-hydrogen) atoms. The van der Waals surface area contributed by atoms with E-state index in [9.17, 15) is 0 Å². The van der Waals surface area contributed by atoms with Crippen LogP contribution in [0, 0.1) is 13.8 Å². The molecule has 0 aromatic carbocycles. The molecule has 1 heterocycles. The van der Waals surface area contributed by atoms with E-state index >= 15 is 0 Å². The van der Waals surface area contributed by atoms with Crippen molar-refractivity contribution >= 4 is 0 Å². The van der Waals surface area contributed by atoms with Gasteiger partial charge in [0.25, 0.3) is 0 Å². The minimum absolute atomic E-state index is 0.839. The Bertz CT molecular complexity index is 379. The van der Waals surface area contributed by atoms with Gasteiger partial charge in [0.1, 0.15) is 0 Å². The smallest absolute Gasteiger partial charge is 0.0628 e. The van der Waals surface area contributed by atoms with Crippen molar-refractivity contribution in [1.82, 2.24) is 20.4 Å². The summed E-state index contributed by atoms with van der Waals surface area (Å²) in [6, 6.07) is 0.839. The van der Waals surface area contributed by atoms with Crippen LogP contribution in [-0.4, -0.2) is 35.5 Å². The molecule has 0 spiro atoms. The molecule has 1 aliphatic rings. The molecule has 0 aliphatic heterocycles. The number of rotatable bonds is 8. The predicted octanol–water partition coefficient (Wildman–Crippen LogP) is 1.31. The summed E-state index contributed by atoms with van der Waals surface area (Å²) in [6.07, 6.45) is 5.07. The third-order valence-electron chi connectivity index (χ3n) is 3.75. The summed E-state index contributed by atoms with van der Waals surface area (Å²) in [6.45, 7) is 7.56. The van der Waals surface area contributed by atoms with Crippen LogP contribution < -0.4 is 10.6 Å². The van der Waals surface area contributed by atoms with E-state index in [2.05, 4.69) is 29.6 Å². The molecular weight excluding hydrogens is 224 g/mol. The van der Waals surface area contributed by atoms with E-state index < -0.39 is 0 Å². The van der Waals surface area contributed by atoms with E-state index in [0.29, 0.717) is 0 Å². The third kappa shape index (κ3) is 3.82. The Morgan fingerprint density at radius 1 is 1.22 bits per heavy atom. The Kier molecular flexibility index (Phi) is 4.78. The standard InChI is InChI=1S/C14H26N4/c1-11-14(12(2)18(3)17-11)7-10-15-8-4-9-16-13-5-6-13/h13,15-16H,4-10H2,1-3H3. The highest BCUT2D eigenvalue weighted by molar-refractivity contribution is 5.24. The zero-order chi connectivity index (χ0) is 13.0. The van der Waals surface area contributed by atoms with Crippen LogP contribution in [0.15, 0.2) is 0 Å². The van der Waals surface area contributed by atoms with Gasteiger partial charge in [-0.3, -0.25) is 4.68 Å². The van der Waals surface area contributed by atoms with E-state index in [-0.39, 0.29) is 0 Å². The predicted molar refractivity (Wildman–Crippen MR) is 74.9 cm³/mol. The first-order valence-electron chi connectivity index (χ1n) is 7.11. The SMILES string of the molecule is Cc1nn(C)c(C)c1CCNCCCNC1CC1. The zero-order valence-electron chi connectivity index (χ0n) is 11.9. The molecular formula is C14H26N4. The first-order valence-corrected chi connectivity index (χ1v) is 7.11. The normalized spacial score (nSPS) is 15.3. The molecule has 1 aliphatic carbocycles. The molecule has 1 saturated carbocycles. The quantitative estimate of drug-likeness (QED) is 0.684. The van der Waals surface area contributed by atoms with Crippen molar-refractivity contribution in [1.29, 1.82) is 0 Å². The van der Waals surface area contributed by atoms with Crippen LogP contribution in [0.3, 0.4) is 0 Å². The molecule has 102 valence electrons. The summed E-state index contributed by atoms with van der Waals surface area (Å²) in [4.78, 5) is 0. The van der Waals surface area contributed by atoms with Gasteiger partial charge in [0, 0.05) is 18.8 Å². The number of hydrogen-bond acceptors (Lipinski definition) is 3. The van der Waals surface area contributed by atoms with Crippen molar-refractivity contribution in [3.05, 3.63) is 17.0 Å². The van der Waals surface area contributed by atoms with Gasteiger partial charge in [0.15, 0.2) is 0 Å². The summed E-state index contributed by atoms with van der Waals surface area (Å²) >= 11 is 0. The number of nitrogens with zero attached hydrogens (tertiary/aromatic N) is 2. The van der Waals surface area contributed by atoms with Crippen molar-refractivity contribution in [3.63, 3.8) is 0 Å². The monoisotopic (exact) mass is 250 g/mol. The third-order valence-corrected chi connectivity index (χ3v) is 3.75.